The van der Waals surface area contributed by atoms with Crippen LogP contribution >= 0.6 is 11.8 Å². The lowest BCUT2D eigenvalue weighted by molar-refractivity contribution is -0.118. The van der Waals surface area contributed by atoms with Gasteiger partial charge in [-0.3, -0.25) is 9.69 Å². The Morgan fingerprint density at radius 3 is 2.55 bits per heavy atom. The number of carbonyl (C=O) groups is 1. The quantitative estimate of drug-likeness (QED) is 0.703. The lowest BCUT2D eigenvalue weighted by Crippen LogP contribution is -2.44. The van der Waals surface area contributed by atoms with Crippen LogP contribution in [0.25, 0.3) is 0 Å². The molecular weight excluding hydrogens is 388 g/mol. The second kappa shape index (κ2) is 10.0. The van der Waals surface area contributed by atoms with E-state index in [9.17, 15) is 4.79 Å². The molecule has 4 rings (SSSR count). The van der Waals surface area contributed by atoms with Gasteiger partial charge in [-0.25, -0.2) is 0 Å². The Morgan fingerprint density at radius 2 is 1.76 bits per heavy atom. The molecule has 0 aromatic heterocycles. The van der Waals surface area contributed by atoms with E-state index in [0.29, 0.717) is 25.5 Å². The highest BCUT2D eigenvalue weighted by molar-refractivity contribution is 8.00. The van der Waals surface area contributed by atoms with E-state index in [4.69, 9.17) is 14.2 Å². The number of benzene rings is 2. The SMILES string of the molecule is O=C(CSc1ccc2c(c1)OCCO2)NCC(c1ccccc1)N1CCOCC1. The number of fused-ring (bicyclic) bond motifs is 1. The number of rotatable bonds is 7. The van der Waals surface area contributed by atoms with Crippen molar-refractivity contribution in [3.05, 3.63) is 54.1 Å². The number of hydrogen-bond acceptors (Lipinski definition) is 6. The van der Waals surface area contributed by atoms with Crippen LogP contribution in [0.5, 0.6) is 11.5 Å². The Labute approximate surface area is 175 Å². The summed E-state index contributed by atoms with van der Waals surface area (Å²) in [6.45, 7) is 4.94. The molecule has 2 aliphatic rings. The first kappa shape index (κ1) is 20.1. The highest BCUT2D eigenvalue weighted by Crippen LogP contribution is 2.34. The second-order valence-corrected chi connectivity index (χ2v) is 8.02. The van der Waals surface area contributed by atoms with Crippen molar-refractivity contribution in [2.24, 2.45) is 0 Å². The van der Waals surface area contributed by atoms with E-state index < -0.39 is 0 Å². The van der Waals surface area contributed by atoms with Gasteiger partial charge >= 0.3 is 0 Å². The molecule has 0 aliphatic carbocycles. The first-order chi connectivity index (χ1) is 14.3. The van der Waals surface area contributed by atoms with Gasteiger partial charge in [0.25, 0.3) is 0 Å². The summed E-state index contributed by atoms with van der Waals surface area (Å²) in [6.07, 6.45) is 0. The van der Waals surface area contributed by atoms with Crippen LogP contribution < -0.4 is 14.8 Å². The summed E-state index contributed by atoms with van der Waals surface area (Å²) >= 11 is 1.50. The van der Waals surface area contributed by atoms with Gasteiger partial charge in [-0.2, -0.15) is 0 Å². The van der Waals surface area contributed by atoms with Crippen LogP contribution in [0.2, 0.25) is 0 Å². The maximum absolute atomic E-state index is 12.5. The lowest BCUT2D eigenvalue weighted by atomic mass is 10.0. The van der Waals surface area contributed by atoms with Gasteiger partial charge in [0.1, 0.15) is 13.2 Å². The number of nitrogens with one attached hydrogen (secondary N) is 1. The zero-order valence-electron chi connectivity index (χ0n) is 16.3. The average Bonchev–Trinajstić information content (AvgIpc) is 2.79. The molecule has 7 heteroatoms. The lowest BCUT2D eigenvalue weighted by Gasteiger charge is -2.35. The standard InChI is InChI=1S/C22H26N2O4S/c25-22(16-29-18-6-7-20-21(14-18)28-13-12-27-20)23-15-19(17-4-2-1-3-5-17)24-8-10-26-11-9-24/h1-7,14,19H,8-13,15-16H2,(H,23,25). The fourth-order valence-corrected chi connectivity index (χ4v) is 4.30. The molecular formula is C22H26N2O4S. The summed E-state index contributed by atoms with van der Waals surface area (Å²) in [4.78, 5) is 15.9. The molecule has 1 saturated heterocycles. The monoisotopic (exact) mass is 414 g/mol. The van der Waals surface area contributed by atoms with Gasteiger partial charge in [-0.05, 0) is 23.8 Å². The van der Waals surface area contributed by atoms with Crippen LogP contribution in [0.3, 0.4) is 0 Å². The number of amides is 1. The van der Waals surface area contributed by atoms with E-state index >= 15 is 0 Å². The van der Waals surface area contributed by atoms with Crippen molar-refractivity contribution in [2.75, 3.05) is 51.8 Å². The molecule has 6 nitrogen and oxygen atoms in total. The smallest absolute Gasteiger partial charge is 0.230 e. The third kappa shape index (κ3) is 5.44. The second-order valence-electron chi connectivity index (χ2n) is 6.97. The van der Waals surface area contributed by atoms with Crippen LogP contribution in [0.15, 0.2) is 53.4 Å². The van der Waals surface area contributed by atoms with Gasteiger partial charge in [0.15, 0.2) is 11.5 Å². The summed E-state index contributed by atoms with van der Waals surface area (Å²) in [5.74, 6) is 1.91. The van der Waals surface area contributed by atoms with E-state index in [1.807, 2.05) is 36.4 Å². The number of hydrogen-bond donors (Lipinski definition) is 1. The van der Waals surface area contributed by atoms with Crippen molar-refractivity contribution >= 4 is 17.7 Å². The summed E-state index contributed by atoms with van der Waals surface area (Å²) in [6, 6.07) is 16.3. The number of nitrogens with zero attached hydrogens (tertiary/aromatic N) is 1. The molecule has 1 atom stereocenters. The first-order valence-electron chi connectivity index (χ1n) is 9.95. The molecule has 2 aromatic carbocycles. The Kier molecular flexibility index (Phi) is 6.92. The number of ether oxygens (including phenoxy) is 3. The predicted molar refractivity (Wildman–Crippen MR) is 113 cm³/mol. The largest absolute Gasteiger partial charge is 0.486 e. The van der Waals surface area contributed by atoms with E-state index in [-0.39, 0.29) is 11.9 Å². The number of thioether (sulfide) groups is 1. The predicted octanol–water partition coefficient (Wildman–Crippen LogP) is 2.74. The highest BCUT2D eigenvalue weighted by atomic mass is 32.2. The van der Waals surface area contributed by atoms with Crippen LogP contribution in [0.1, 0.15) is 11.6 Å². The Morgan fingerprint density at radius 1 is 1.00 bits per heavy atom. The van der Waals surface area contributed by atoms with Crippen molar-refractivity contribution in [1.29, 1.82) is 0 Å². The molecule has 29 heavy (non-hydrogen) atoms. The van der Waals surface area contributed by atoms with Crippen molar-refractivity contribution < 1.29 is 19.0 Å². The molecule has 2 aromatic rings. The molecule has 2 aliphatic heterocycles. The summed E-state index contributed by atoms with van der Waals surface area (Å²) in [5, 5.41) is 3.11. The van der Waals surface area contributed by atoms with Gasteiger partial charge < -0.3 is 19.5 Å². The fraction of sp³-hybridized carbons (Fsp3) is 0.409. The van der Waals surface area contributed by atoms with E-state index in [1.165, 1.54) is 17.3 Å². The van der Waals surface area contributed by atoms with Gasteiger partial charge in [-0.15, -0.1) is 11.8 Å². The molecule has 2 heterocycles. The third-order valence-electron chi connectivity index (χ3n) is 5.05. The molecule has 0 saturated carbocycles. The number of morpholine rings is 1. The zero-order chi connectivity index (χ0) is 19.9. The number of carbonyl (C=O) groups excluding carboxylic acids is 1. The van der Waals surface area contributed by atoms with Crippen LogP contribution in [-0.4, -0.2) is 62.6 Å². The van der Waals surface area contributed by atoms with Gasteiger partial charge in [-0.1, -0.05) is 30.3 Å². The molecule has 1 unspecified atom stereocenters. The molecule has 0 bridgehead atoms. The Bertz CT molecular complexity index is 812. The van der Waals surface area contributed by atoms with Crippen molar-refractivity contribution in [1.82, 2.24) is 10.2 Å². The third-order valence-corrected chi connectivity index (χ3v) is 6.04. The van der Waals surface area contributed by atoms with Crippen LogP contribution in [-0.2, 0) is 9.53 Å². The normalized spacial score (nSPS) is 17.5. The van der Waals surface area contributed by atoms with E-state index in [2.05, 4.69) is 22.3 Å². The van der Waals surface area contributed by atoms with Crippen molar-refractivity contribution in [3.63, 3.8) is 0 Å². The molecule has 1 N–H and O–H groups in total. The molecule has 154 valence electrons. The minimum Gasteiger partial charge on any atom is -0.486 e. The molecule has 1 amide bonds. The maximum Gasteiger partial charge on any atom is 0.230 e. The fourth-order valence-electron chi connectivity index (χ4n) is 3.55. The minimum absolute atomic E-state index is 0.0269. The Balaban J connectivity index is 1.32. The van der Waals surface area contributed by atoms with Gasteiger partial charge in [0.05, 0.1) is 25.0 Å². The molecule has 0 spiro atoms. The van der Waals surface area contributed by atoms with Crippen molar-refractivity contribution in [2.45, 2.75) is 10.9 Å². The van der Waals surface area contributed by atoms with Crippen LogP contribution in [0.4, 0.5) is 0 Å². The van der Waals surface area contributed by atoms with Gasteiger partial charge in [0.2, 0.25) is 5.91 Å². The van der Waals surface area contributed by atoms with E-state index in [0.717, 1.165) is 42.7 Å². The topological polar surface area (TPSA) is 60.0 Å². The minimum atomic E-state index is 0.0269. The van der Waals surface area contributed by atoms with Crippen LogP contribution in [0, 0.1) is 0 Å². The summed E-state index contributed by atoms with van der Waals surface area (Å²) < 4.78 is 16.6. The van der Waals surface area contributed by atoms with Gasteiger partial charge in [0, 0.05) is 24.5 Å². The first-order valence-corrected chi connectivity index (χ1v) is 10.9. The average molecular weight is 415 g/mol. The zero-order valence-corrected chi connectivity index (χ0v) is 17.2. The van der Waals surface area contributed by atoms with E-state index in [1.54, 1.807) is 0 Å². The molecule has 0 radical (unpaired) electrons. The Hall–Kier alpha value is -2.22. The highest BCUT2D eigenvalue weighted by Gasteiger charge is 2.23. The van der Waals surface area contributed by atoms with Crippen molar-refractivity contribution in [3.8, 4) is 11.5 Å². The molecule has 1 fully saturated rings. The maximum atomic E-state index is 12.5. The summed E-state index contributed by atoms with van der Waals surface area (Å²) in [5.41, 5.74) is 1.22. The summed E-state index contributed by atoms with van der Waals surface area (Å²) in [7, 11) is 0.